The molecule has 3 aliphatic rings. The van der Waals surface area contributed by atoms with E-state index in [4.69, 9.17) is 29.8 Å². The molecule has 1 N–H and O–H groups in total. The lowest BCUT2D eigenvalue weighted by Gasteiger charge is -2.31. The van der Waals surface area contributed by atoms with Crippen LogP contribution in [0.2, 0.25) is 10.0 Å². The van der Waals surface area contributed by atoms with Crippen molar-refractivity contribution in [2.75, 3.05) is 4.90 Å². The van der Waals surface area contributed by atoms with Crippen LogP contribution in [-0.4, -0.2) is 44.0 Å². The van der Waals surface area contributed by atoms with Crippen molar-refractivity contribution >= 4 is 58.3 Å². The minimum Gasteiger partial charge on any atom is -0.305 e. The van der Waals surface area contributed by atoms with Crippen LogP contribution in [-0.2, 0) is 22.7 Å². The molecule has 14 heteroatoms. The van der Waals surface area contributed by atoms with E-state index in [0.29, 0.717) is 58.2 Å². The Morgan fingerprint density at radius 2 is 1.47 bits per heavy atom. The Balaban J connectivity index is 0.000000186. The number of hydrogen-bond donors (Lipinski definition) is 1. The standard InChI is InChI=1S/C22H21ClN4O2.C13H17N3.C9H5ClN2O/c1-14-5-6-16(12-25-14)13-26-21(29)27(20(28)22(26)9-3-4-10-22)18-8-7-17(11-24)19(23)15(18)2;1-11-4-5-12(8-15-11)9-16-13(10-14)6-2-3-7-13;1-6-7(11-2)3-4-8(9(6)10)12-5-13/h5-8,12H,3-4,9-10,13H2,1-2H3;4-5,8,16H,2-3,6-7,9H2,1H3;3-4H,1H3. The number of nitriles is 2. The number of rotatable bonds is 7. The molecule has 3 heterocycles. The molecule has 58 heavy (non-hydrogen) atoms. The van der Waals surface area contributed by atoms with E-state index in [1.165, 1.54) is 17.0 Å². The molecule has 0 atom stereocenters. The first kappa shape index (κ1) is 43.2. The Hall–Kier alpha value is -5.93. The Kier molecular flexibility index (Phi) is 14.2. The first-order valence-electron chi connectivity index (χ1n) is 18.9. The number of halogens is 2. The van der Waals surface area contributed by atoms with Crippen molar-refractivity contribution in [2.45, 2.75) is 103 Å². The molecule has 1 aliphatic heterocycles. The van der Waals surface area contributed by atoms with Gasteiger partial charge >= 0.3 is 6.03 Å². The van der Waals surface area contributed by atoms with E-state index in [2.05, 4.69) is 37.3 Å². The molecular weight excluding hydrogens is 773 g/mol. The van der Waals surface area contributed by atoms with Gasteiger partial charge < -0.3 is 4.90 Å². The van der Waals surface area contributed by atoms with E-state index in [9.17, 15) is 24.9 Å². The molecule has 7 rings (SSSR count). The van der Waals surface area contributed by atoms with E-state index < -0.39 is 5.54 Å². The zero-order chi connectivity index (χ0) is 42.0. The van der Waals surface area contributed by atoms with E-state index in [-0.39, 0.29) is 22.5 Å². The van der Waals surface area contributed by atoms with Crippen molar-refractivity contribution in [1.82, 2.24) is 20.2 Å². The first-order chi connectivity index (χ1) is 27.8. The lowest BCUT2D eigenvalue weighted by Crippen LogP contribution is -2.47. The Morgan fingerprint density at radius 1 is 0.845 bits per heavy atom. The van der Waals surface area contributed by atoms with Gasteiger partial charge in [-0.05, 0) is 106 Å². The fourth-order valence-electron chi connectivity index (χ4n) is 7.47. The Bertz CT molecular complexity index is 2340. The van der Waals surface area contributed by atoms with Crippen LogP contribution in [0.25, 0.3) is 4.85 Å². The molecular formula is C44H43Cl2N9O3. The van der Waals surface area contributed by atoms with E-state index in [1.54, 1.807) is 43.1 Å². The maximum Gasteiger partial charge on any atom is 0.332 e. The molecule has 1 saturated heterocycles. The highest BCUT2D eigenvalue weighted by Gasteiger charge is 2.58. The van der Waals surface area contributed by atoms with Crippen molar-refractivity contribution < 1.29 is 14.4 Å². The molecule has 296 valence electrons. The SMILES string of the molecule is Cc1ccc(CN2C(=O)N(c3ccc(C#N)c(Cl)c3C)C(=O)C23CCCC3)cn1.Cc1ccc(CNC2(C#N)CCCC2)cn1.[C-]#[N+]c1ccc(N=C=O)c(Cl)c1C. The predicted molar refractivity (Wildman–Crippen MR) is 222 cm³/mol. The minimum absolute atomic E-state index is 0.205. The monoisotopic (exact) mass is 815 g/mol. The van der Waals surface area contributed by atoms with Gasteiger partial charge in [-0.1, -0.05) is 67.1 Å². The summed E-state index contributed by atoms with van der Waals surface area (Å²) in [6.45, 7) is 15.2. The van der Waals surface area contributed by atoms with Crippen molar-refractivity contribution in [3.05, 3.63) is 122 Å². The molecule has 3 fully saturated rings. The number of hydrogen-bond acceptors (Lipinski definition) is 9. The van der Waals surface area contributed by atoms with Crippen molar-refractivity contribution in [3.8, 4) is 12.1 Å². The van der Waals surface area contributed by atoms with Gasteiger partial charge in [0.25, 0.3) is 5.91 Å². The number of isocyanates is 1. The molecule has 2 saturated carbocycles. The third-order valence-electron chi connectivity index (χ3n) is 10.9. The number of benzene rings is 2. The number of carbonyl (C=O) groups is 2. The molecule has 12 nitrogen and oxygen atoms in total. The number of carbonyl (C=O) groups excluding carboxylic acids is 3. The van der Waals surface area contributed by atoms with Gasteiger partial charge in [-0.15, -0.1) is 0 Å². The zero-order valence-electron chi connectivity index (χ0n) is 32.9. The van der Waals surface area contributed by atoms with Gasteiger partial charge in [-0.25, -0.2) is 19.3 Å². The topological polar surface area (TPSA) is 160 Å². The number of anilines is 1. The third kappa shape index (κ3) is 9.27. The second-order valence-electron chi connectivity index (χ2n) is 14.7. The highest BCUT2D eigenvalue weighted by molar-refractivity contribution is 6.34. The number of imide groups is 1. The maximum atomic E-state index is 13.6. The van der Waals surface area contributed by atoms with Crippen molar-refractivity contribution in [1.29, 1.82) is 10.5 Å². The Labute approximate surface area is 349 Å². The van der Waals surface area contributed by atoms with E-state index in [1.807, 2.05) is 44.3 Å². The summed E-state index contributed by atoms with van der Waals surface area (Å²) in [5.41, 5.74) is 5.62. The summed E-state index contributed by atoms with van der Waals surface area (Å²) in [6.07, 6.45) is 12.4. The highest BCUT2D eigenvalue weighted by atomic mass is 35.5. The van der Waals surface area contributed by atoms with Crippen LogP contribution in [0.1, 0.15) is 90.6 Å². The van der Waals surface area contributed by atoms with Gasteiger partial charge in [0.15, 0.2) is 5.69 Å². The largest absolute Gasteiger partial charge is 0.332 e. The molecule has 0 radical (unpaired) electrons. The summed E-state index contributed by atoms with van der Waals surface area (Å²) in [4.78, 5) is 55.2. The third-order valence-corrected chi connectivity index (χ3v) is 11.9. The predicted octanol–water partition coefficient (Wildman–Crippen LogP) is 9.99. The lowest BCUT2D eigenvalue weighted by molar-refractivity contribution is -0.124. The molecule has 2 aliphatic carbocycles. The average molecular weight is 817 g/mol. The second-order valence-corrected chi connectivity index (χ2v) is 15.4. The smallest absolute Gasteiger partial charge is 0.305 e. The lowest BCUT2D eigenvalue weighted by atomic mass is 9.95. The summed E-state index contributed by atoms with van der Waals surface area (Å²) < 4.78 is 0. The number of nitrogens with one attached hydrogen (secondary N) is 1. The molecule has 1 spiro atoms. The molecule has 0 unspecified atom stereocenters. The molecule has 2 aromatic carbocycles. The van der Waals surface area contributed by atoms with Gasteiger partial charge in [0.1, 0.15) is 17.1 Å². The summed E-state index contributed by atoms with van der Waals surface area (Å²) in [5.74, 6) is -0.205. The van der Waals surface area contributed by atoms with Crippen molar-refractivity contribution in [3.63, 3.8) is 0 Å². The molecule has 4 aromatic rings. The summed E-state index contributed by atoms with van der Waals surface area (Å²) in [5, 5.41) is 22.4. The zero-order valence-corrected chi connectivity index (χ0v) is 34.4. The first-order valence-corrected chi connectivity index (χ1v) is 19.7. The molecule has 0 bridgehead atoms. The minimum atomic E-state index is -0.825. The van der Waals surface area contributed by atoms with Crippen LogP contribution in [0.3, 0.4) is 0 Å². The van der Waals surface area contributed by atoms with Gasteiger partial charge in [-0.3, -0.25) is 20.1 Å². The van der Waals surface area contributed by atoms with Crippen molar-refractivity contribution in [2.24, 2.45) is 4.99 Å². The van der Waals surface area contributed by atoms with Crippen LogP contribution in [0.15, 0.2) is 65.9 Å². The normalized spacial score (nSPS) is 16.0. The second kappa shape index (κ2) is 19.0. The number of urea groups is 1. The molecule has 3 amide bonds. The number of aromatic nitrogens is 2. The number of nitrogens with zero attached hydrogens (tertiary/aromatic N) is 8. The number of aliphatic imine (C=N–C) groups is 1. The number of pyridine rings is 2. The van der Waals surface area contributed by atoms with Gasteiger partial charge in [0.05, 0.1) is 46.2 Å². The van der Waals surface area contributed by atoms with Gasteiger partial charge in [-0.2, -0.15) is 15.5 Å². The average Bonchev–Trinajstić information content (AvgIpc) is 3.97. The van der Waals surface area contributed by atoms with Crippen LogP contribution >= 0.6 is 23.2 Å². The highest BCUT2D eigenvalue weighted by Crippen LogP contribution is 2.45. The number of aryl methyl sites for hydroxylation is 2. The maximum absolute atomic E-state index is 13.6. The quantitative estimate of drug-likeness (QED) is 0.0835. The van der Waals surface area contributed by atoms with Crippen LogP contribution in [0.4, 0.5) is 21.9 Å². The fourth-order valence-corrected chi connectivity index (χ4v) is 7.87. The van der Waals surface area contributed by atoms with Crippen LogP contribution < -0.4 is 10.2 Å². The fraction of sp³-hybridized carbons (Fsp3) is 0.364. The van der Waals surface area contributed by atoms with Gasteiger partial charge in [0.2, 0.25) is 6.08 Å². The molecule has 2 aromatic heterocycles. The van der Waals surface area contributed by atoms with Crippen LogP contribution in [0, 0.1) is 56.9 Å². The van der Waals surface area contributed by atoms with Gasteiger partial charge in [0, 0.05) is 30.3 Å². The Morgan fingerprint density at radius 3 is 2.02 bits per heavy atom. The van der Waals surface area contributed by atoms with E-state index in [0.717, 1.165) is 67.6 Å². The number of amides is 3. The summed E-state index contributed by atoms with van der Waals surface area (Å²) in [6, 6.07) is 18.3. The summed E-state index contributed by atoms with van der Waals surface area (Å²) >= 11 is 12.2. The van der Waals surface area contributed by atoms with E-state index >= 15 is 0 Å². The van der Waals surface area contributed by atoms with Crippen LogP contribution in [0.5, 0.6) is 0 Å². The summed E-state index contributed by atoms with van der Waals surface area (Å²) in [7, 11) is 0.